The Morgan fingerprint density at radius 1 is 1.29 bits per heavy atom. The van der Waals surface area contributed by atoms with Crippen molar-refractivity contribution in [1.29, 1.82) is 0 Å². The van der Waals surface area contributed by atoms with Gasteiger partial charge in [-0.2, -0.15) is 0 Å². The molecule has 0 aromatic carbocycles. The van der Waals surface area contributed by atoms with Crippen LogP contribution in [-0.2, 0) is 4.79 Å². The number of nitrogens with one attached hydrogen (secondary N) is 1. The second kappa shape index (κ2) is 5.98. The van der Waals surface area contributed by atoms with Crippen molar-refractivity contribution in [1.82, 2.24) is 5.32 Å². The third-order valence-electron chi connectivity index (χ3n) is 2.28. The Bertz CT molecular complexity index is 181. The third-order valence-corrected chi connectivity index (χ3v) is 2.28. The zero-order valence-corrected chi connectivity index (χ0v) is 9.45. The van der Waals surface area contributed by atoms with E-state index >= 15 is 0 Å². The van der Waals surface area contributed by atoms with E-state index in [1.165, 1.54) is 0 Å². The van der Waals surface area contributed by atoms with E-state index in [-0.39, 0.29) is 24.3 Å². The molecule has 0 heterocycles. The molecule has 0 aromatic rings. The molecule has 0 saturated heterocycles. The minimum atomic E-state index is -0.502. The number of hydrogen-bond acceptors (Lipinski definition) is 3. The lowest BCUT2D eigenvalue weighted by molar-refractivity contribution is -0.123. The van der Waals surface area contributed by atoms with E-state index in [2.05, 4.69) is 5.32 Å². The topological polar surface area (TPSA) is 75.3 Å². The van der Waals surface area contributed by atoms with Crippen LogP contribution in [0.5, 0.6) is 0 Å². The first kappa shape index (κ1) is 13.4. The number of rotatable bonds is 5. The van der Waals surface area contributed by atoms with Gasteiger partial charge in [0.05, 0.1) is 12.1 Å². The van der Waals surface area contributed by atoms with Crippen LogP contribution in [0.15, 0.2) is 0 Å². The van der Waals surface area contributed by atoms with Gasteiger partial charge in [-0.15, -0.1) is 0 Å². The molecule has 1 unspecified atom stereocenters. The maximum Gasteiger partial charge on any atom is 0.237 e. The van der Waals surface area contributed by atoms with E-state index in [0.717, 1.165) is 0 Å². The monoisotopic (exact) mass is 202 g/mol. The largest absolute Gasteiger partial charge is 0.391 e. The summed E-state index contributed by atoms with van der Waals surface area (Å²) in [6.07, 6.45) is -0.502. The summed E-state index contributed by atoms with van der Waals surface area (Å²) in [6, 6.07) is -0.491. The van der Waals surface area contributed by atoms with Crippen molar-refractivity contribution in [3.63, 3.8) is 0 Å². The van der Waals surface area contributed by atoms with Crippen molar-refractivity contribution in [2.45, 2.75) is 39.8 Å². The molecule has 0 aliphatic carbocycles. The molecular weight excluding hydrogens is 180 g/mol. The van der Waals surface area contributed by atoms with Gasteiger partial charge >= 0.3 is 0 Å². The summed E-state index contributed by atoms with van der Waals surface area (Å²) in [6.45, 7) is 7.86. The van der Waals surface area contributed by atoms with Crippen molar-refractivity contribution < 1.29 is 9.90 Å². The van der Waals surface area contributed by atoms with Gasteiger partial charge in [-0.25, -0.2) is 0 Å². The summed E-state index contributed by atoms with van der Waals surface area (Å²) in [5, 5.41) is 12.1. The van der Waals surface area contributed by atoms with E-state index in [1.54, 1.807) is 0 Å². The van der Waals surface area contributed by atoms with Crippen molar-refractivity contribution in [3.05, 3.63) is 0 Å². The Hall–Kier alpha value is -0.610. The van der Waals surface area contributed by atoms with Crippen LogP contribution in [0, 0.1) is 11.8 Å². The fourth-order valence-corrected chi connectivity index (χ4v) is 0.861. The molecule has 4 nitrogen and oxygen atoms in total. The minimum Gasteiger partial charge on any atom is -0.391 e. The van der Waals surface area contributed by atoms with Gasteiger partial charge in [0.2, 0.25) is 5.91 Å². The molecule has 0 saturated carbocycles. The number of carbonyl (C=O) groups is 1. The highest BCUT2D eigenvalue weighted by Gasteiger charge is 2.18. The predicted octanol–water partition coefficient (Wildman–Crippen LogP) is 0.103. The summed E-state index contributed by atoms with van der Waals surface area (Å²) in [5.74, 6) is 0.0662. The van der Waals surface area contributed by atoms with Gasteiger partial charge in [0.25, 0.3) is 0 Å². The molecule has 0 radical (unpaired) electrons. The summed E-state index contributed by atoms with van der Waals surface area (Å²) >= 11 is 0. The molecule has 0 rings (SSSR count). The van der Waals surface area contributed by atoms with E-state index in [0.29, 0.717) is 0 Å². The maximum absolute atomic E-state index is 11.4. The Kier molecular flexibility index (Phi) is 5.72. The number of carbonyl (C=O) groups excluding carboxylic acids is 1. The van der Waals surface area contributed by atoms with Crippen LogP contribution in [0.1, 0.15) is 27.7 Å². The van der Waals surface area contributed by atoms with Crippen LogP contribution < -0.4 is 11.1 Å². The highest BCUT2D eigenvalue weighted by molar-refractivity contribution is 5.81. The molecule has 0 spiro atoms. The second-order valence-electron chi connectivity index (χ2n) is 4.33. The summed E-state index contributed by atoms with van der Waals surface area (Å²) in [5.41, 5.74) is 5.63. The number of aliphatic hydroxyl groups is 1. The van der Waals surface area contributed by atoms with Gasteiger partial charge in [-0.3, -0.25) is 4.79 Å². The molecule has 84 valence electrons. The first-order valence-electron chi connectivity index (χ1n) is 5.07. The smallest absolute Gasteiger partial charge is 0.237 e. The quantitative estimate of drug-likeness (QED) is 0.592. The predicted molar refractivity (Wildman–Crippen MR) is 56.7 cm³/mol. The van der Waals surface area contributed by atoms with Crippen LogP contribution in [-0.4, -0.2) is 29.7 Å². The molecular formula is C10H22N2O2. The van der Waals surface area contributed by atoms with Gasteiger partial charge in [0, 0.05) is 6.54 Å². The Morgan fingerprint density at radius 2 is 1.79 bits per heavy atom. The van der Waals surface area contributed by atoms with Crippen molar-refractivity contribution in [2.75, 3.05) is 6.54 Å². The van der Waals surface area contributed by atoms with Crippen molar-refractivity contribution in [3.8, 4) is 0 Å². The highest BCUT2D eigenvalue weighted by Crippen LogP contribution is 2.01. The van der Waals surface area contributed by atoms with E-state index in [9.17, 15) is 9.90 Å². The van der Waals surface area contributed by atoms with E-state index in [4.69, 9.17) is 5.73 Å². The zero-order valence-electron chi connectivity index (χ0n) is 9.45. The van der Waals surface area contributed by atoms with Gasteiger partial charge < -0.3 is 16.2 Å². The molecule has 0 aromatic heterocycles. The van der Waals surface area contributed by atoms with E-state index in [1.807, 2.05) is 27.7 Å². The zero-order chi connectivity index (χ0) is 11.3. The average Bonchev–Trinajstić information content (AvgIpc) is 2.11. The maximum atomic E-state index is 11.4. The lowest BCUT2D eigenvalue weighted by Gasteiger charge is -2.19. The standard InChI is InChI=1S/C10H22N2O2/c1-6(2)8(13)5-12-10(14)9(11)7(3)4/h6-9,13H,5,11H2,1-4H3,(H,12,14)/t8?,9-/m0/s1. The van der Waals surface area contributed by atoms with Crippen LogP contribution in [0.4, 0.5) is 0 Å². The molecule has 0 fully saturated rings. The fourth-order valence-electron chi connectivity index (χ4n) is 0.861. The summed E-state index contributed by atoms with van der Waals surface area (Å²) in [4.78, 5) is 11.4. The Balaban J connectivity index is 3.85. The van der Waals surface area contributed by atoms with Gasteiger partial charge in [-0.1, -0.05) is 27.7 Å². The first-order valence-corrected chi connectivity index (χ1v) is 5.07. The van der Waals surface area contributed by atoms with Crippen molar-refractivity contribution in [2.24, 2.45) is 17.6 Å². The number of aliphatic hydroxyl groups excluding tert-OH is 1. The molecule has 0 aliphatic rings. The first-order chi connectivity index (χ1) is 6.36. The second-order valence-corrected chi connectivity index (χ2v) is 4.33. The summed E-state index contributed by atoms with van der Waals surface area (Å²) < 4.78 is 0. The van der Waals surface area contributed by atoms with Gasteiger partial charge in [-0.05, 0) is 11.8 Å². The third kappa shape index (κ3) is 4.58. The lowest BCUT2D eigenvalue weighted by atomic mass is 10.0. The van der Waals surface area contributed by atoms with Crippen LogP contribution in [0.2, 0.25) is 0 Å². The Labute approximate surface area is 85.9 Å². The minimum absolute atomic E-state index is 0.117. The van der Waals surface area contributed by atoms with Crippen molar-refractivity contribution >= 4 is 5.91 Å². The van der Waals surface area contributed by atoms with Crippen LogP contribution in [0.25, 0.3) is 0 Å². The van der Waals surface area contributed by atoms with Gasteiger partial charge in [0.15, 0.2) is 0 Å². The molecule has 0 aliphatic heterocycles. The molecule has 0 bridgehead atoms. The normalized spacial score (nSPS) is 15.7. The number of amides is 1. The fraction of sp³-hybridized carbons (Fsp3) is 0.900. The molecule has 4 heteroatoms. The Morgan fingerprint density at radius 3 is 2.14 bits per heavy atom. The number of hydrogen-bond donors (Lipinski definition) is 3. The highest BCUT2D eigenvalue weighted by atomic mass is 16.3. The molecule has 1 amide bonds. The lowest BCUT2D eigenvalue weighted by Crippen LogP contribution is -2.46. The number of nitrogens with two attached hydrogens (primary N) is 1. The van der Waals surface area contributed by atoms with E-state index < -0.39 is 12.1 Å². The van der Waals surface area contributed by atoms with Gasteiger partial charge in [0.1, 0.15) is 0 Å². The average molecular weight is 202 g/mol. The SMILES string of the molecule is CC(C)C(O)CNC(=O)[C@@H](N)C(C)C. The molecule has 4 N–H and O–H groups in total. The van der Waals surface area contributed by atoms with Crippen LogP contribution >= 0.6 is 0 Å². The summed E-state index contributed by atoms with van der Waals surface area (Å²) in [7, 11) is 0. The molecule has 2 atom stereocenters. The van der Waals surface area contributed by atoms with Crippen LogP contribution in [0.3, 0.4) is 0 Å². The molecule has 14 heavy (non-hydrogen) atoms.